The Morgan fingerprint density at radius 3 is 2.82 bits per heavy atom. The number of carbonyl (C=O) groups excluding carboxylic acids is 2. The predicted molar refractivity (Wildman–Crippen MR) is 115 cm³/mol. The minimum Gasteiger partial charge on any atom is -0.347 e. The largest absolute Gasteiger partial charge is 0.347 e. The van der Waals surface area contributed by atoms with E-state index in [4.69, 9.17) is 0 Å². The van der Waals surface area contributed by atoms with Gasteiger partial charge in [-0.25, -0.2) is 0 Å². The molecule has 1 aliphatic heterocycles. The fourth-order valence-electron chi connectivity index (χ4n) is 3.38. The Bertz CT molecular complexity index is 1070. The number of aromatic nitrogens is 1. The molecular formula is C22H23N3O2S. The fourth-order valence-corrected chi connectivity index (χ4v) is 4.31. The first-order valence-electron chi connectivity index (χ1n) is 9.42. The van der Waals surface area contributed by atoms with Crippen LogP contribution in [-0.2, 0) is 11.3 Å². The maximum Gasteiger partial charge on any atom is 0.255 e. The Morgan fingerprint density at radius 2 is 2.04 bits per heavy atom. The van der Waals surface area contributed by atoms with Crippen molar-refractivity contribution in [2.75, 3.05) is 10.6 Å². The number of carbonyl (C=O) groups is 2. The van der Waals surface area contributed by atoms with Gasteiger partial charge >= 0.3 is 0 Å². The van der Waals surface area contributed by atoms with Crippen LogP contribution in [0.3, 0.4) is 0 Å². The van der Waals surface area contributed by atoms with Gasteiger partial charge in [-0.2, -0.15) is 0 Å². The normalized spacial score (nSPS) is 16.1. The summed E-state index contributed by atoms with van der Waals surface area (Å²) in [5, 5.41) is 6.80. The van der Waals surface area contributed by atoms with Crippen molar-refractivity contribution in [2.45, 2.75) is 37.5 Å². The molecule has 1 aromatic heterocycles. The van der Waals surface area contributed by atoms with E-state index in [1.807, 2.05) is 31.2 Å². The molecule has 1 atom stereocenters. The lowest BCUT2D eigenvalue weighted by Crippen LogP contribution is -2.26. The highest BCUT2D eigenvalue weighted by Crippen LogP contribution is 2.36. The molecule has 0 bridgehead atoms. The number of nitrogens with zero attached hydrogens (tertiary/aromatic N) is 1. The molecule has 0 unspecified atom stereocenters. The van der Waals surface area contributed by atoms with Gasteiger partial charge in [-0.05, 0) is 55.3 Å². The Kier molecular flexibility index (Phi) is 4.89. The molecule has 144 valence electrons. The third kappa shape index (κ3) is 3.64. The van der Waals surface area contributed by atoms with Crippen LogP contribution in [0, 0.1) is 5.92 Å². The topological polar surface area (TPSA) is 63.1 Å². The van der Waals surface area contributed by atoms with E-state index in [-0.39, 0.29) is 17.1 Å². The highest BCUT2D eigenvalue weighted by molar-refractivity contribution is 8.00. The molecule has 0 saturated heterocycles. The number of amides is 2. The minimum atomic E-state index is -0.193. The van der Waals surface area contributed by atoms with Gasteiger partial charge in [0, 0.05) is 39.8 Å². The lowest BCUT2D eigenvalue weighted by atomic mass is 10.1. The number of thioether (sulfide) groups is 1. The summed E-state index contributed by atoms with van der Waals surface area (Å²) in [6.45, 7) is 7.22. The quantitative estimate of drug-likeness (QED) is 0.657. The highest BCUT2D eigenvalue weighted by Gasteiger charge is 2.23. The zero-order valence-corrected chi connectivity index (χ0v) is 17.0. The van der Waals surface area contributed by atoms with Crippen LogP contribution in [0.4, 0.5) is 11.4 Å². The molecule has 3 aromatic rings. The number of hydrogen-bond donors (Lipinski definition) is 2. The highest BCUT2D eigenvalue weighted by atomic mass is 32.2. The summed E-state index contributed by atoms with van der Waals surface area (Å²) >= 11 is 1.51. The number of benzene rings is 2. The van der Waals surface area contributed by atoms with Crippen LogP contribution in [0.2, 0.25) is 0 Å². The molecule has 4 rings (SSSR count). The predicted octanol–water partition coefficient (Wildman–Crippen LogP) is 4.98. The van der Waals surface area contributed by atoms with Gasteiger partial charge in [0.25, 0.3) is 5.91 Å². The van der Waals surface area contributed by atoms with Gasteiger partial charge in [0.05, 0.1) is 10.9 Å². The minimum absolute atomic E-state index is 0.0357. The summed E-state index contributed by atoms with van der Waals surface area (Å²) in [4.78, 5) is 25.6. The van der Waals surface area contributed by atoms with Crippen LogP contribution in [0.25, 0.3) is 10.9 Å². The smallest absolute Gasteiger partial charge is 0.255 e. The van der Waals surface area contributed by atoms with Crippen LogP contribution in [0.15, 0.2) is 53.6 Å². The maximum atomic E-state index is 12.7. The van der Waals surface area contributed by atoms with Crippen LogP contribution in [-0.4, -0.2) is 21.6 Å². The summed E-state index contributed by atoms with van der Waals surface area (Å²) in [6.07, 6.45) is 2.08. The third-order valence-corrected chi connectivity index (χ3v) is 5.94. The van der Waals surface area contributed by atoms with Crippen molar-refractivity contribution in [3.63, 3.8) is 0 Å². The van der Waals surface area contributed by atoms with Crippen molar-refractivity contribution in [2.24, 2.45) is 5.92 Å². The first-order chi connectivity index (χ1) is 13.4. The molecule has 0 aliphatic carbocycles. The van der Waals surface area contributed by atoms with Crippen molar-refractivity contribution in [1.82, 2.24) is 4.57 Å². The van der Waals surface area contributed by atoms with Crippen molar-refractivity contribution in [3.05, 3.63) is 54.2 Å². The molecule has 2 N–H and O–H groups in total. The van der Waals surface area contributed by atoms with Crippen molar-refractivity contribution < 1.29 is 9.59 Å². The van der Waals surface area contributed by atoms with E-state index in [1.54, 1.807) is 12.1 Å². The van der Waals surface area contributed by atoms with Gasteiger partial charge in [0.15, 0.2) is 0 Å². The fraction of sp³-hybridized carbons (Fsp3) is 0.273. The molecular weight excluding hydrogens is 370 g/mol. The second-order valence-corrected chi connectivity index (χ2v) is 8.93. The van der Waals surface area contributed by atoms with E-state index in [1.165, 1.54) is 11.8 Å². The van der Waals surface area contributed by atoms with Gasteiger partial charge in [0.2, 0.25) is 5.91 Å². The maximum absolute atomic E-state index is 12.7. The van der Waals surface area contributed by atoms with Crippen LogP contribution >= 0.6 is 11.8 Å². The van der Waals surface area contributed by atoms with E-state index in [0.29, 0.717) is 17.2 Å². The zero-order valence-electron chi connectivity index (χ0n) is 16.2. The summed E-state index contributed by atoms with van der Waals surface area (Å²) in [6, 6.07) is 13.4. The van der Waals surface area contributed by atoms with E-state index in [2.05, 4.69) is 41.3 Å². The third-order valence-electron chi connectivity index (χ3n) is 4.76. The first kappa shape index (κ1) is 18.6. The first-order valence-corrected chi connectivity index (χ1v) is 10.3. The summed E-state index contributed by atoms with van der Waals surface area (Å²) in [5.74, 6) is 0.341. The standard InChI is InChI=1S/C22H23N3O2S/c1-13(2)12-25-9-8-15-10-17(5-6-19(15)25)23-22(27)16-4-7-20-18(11-16)24-21(26)14(3)28-20/h4-11,13-14H,12H2,1-3H3,(H,23,27)(H,24,26)/t14-/m0/s1. The molecule has 0 saturated carbocycles. The van der Waals surface area contributed by atoms with Gasteiger partial charge in [-0.1, -0.05) is 13.8 Å². The second-order valence-electron chi connectivity index (χ2n) is 7.55. The van der Waals surface area contributed by atoms with Crippen molar-refractivity contribution in [3.8, 4) is 0 Å². The van der Waals surface area contributed by atoms with Crippen LogP contribution < -0.4 is 10.6 Å². The Balaban J connectivity index is 1.54. The number of anilines is 2. The molecule has 28 heavy (non-hydrogen) atoms. The number of rotatable bonds is 4. The van der Waals surface area contributed by atoms with Gasteiger partial charge < -0.3 is 15.2 Å². The molecule has 2 heterocycles. The second kappa shape index (κ2) is 7.36. The summed E-state index contributed by atoms with van der Waals surface area (Å²) < 4.78 is 2.23. The molecule has 6 heteroatoms. The average molecular weight is 394 g/mol. The monoisotopic (exact) mass is 393 g/mol. The Morgan fingerprint density at radius 1 is 1.21 bits per heavy atom. The summed E-state index contributed by atoms with van der Waals surface area (Å²) in [5.41, 5.74) is 3.13. The Hall–Kier alpha value is -2.73. The number of nitrogens with one attached hydrogen (secondary N) is 2. The van der Waals surface area contributed by atoms with Crippen molar-refractivity contribution in [1.29, 1.82) is 0 Å². The lowest BCUT2D eigenvalue weighted by Gasteiger charge is -2.21. The summed E-state index contributed by atoms with van der Waals surface area (Å²) in [7, 11) is 0. The molecule has 1 aliphatic rings. The molecule has 2 amide bonds. The van der Waals surface area contributed by atoms with Crippen LogP contribution in [0.1, 0.15) is 31.1 Å². The zero-order chi connectivity index (χ0) is 19.8. The van der Waals surface area contributed by atoms with Gasteiger partial charge in [0.1, 0.15) is 0 Å². The van der Waals surface area contributed by atoms with Crippen molar-refractivity contribution >= 4 is 45.9 Å². The van der Waals surface area contributed by atoms with E-state index in [0.717, 1.165) is 28.0 Å². The molecule has 0 fully saturated rings. The Labute approximate surface area is 168 Å². The molecule has 2 aromatic carbocycles. The van der Waals surface area contributed by atoms with Crippen LogP contribution in [0.5, 0.6) is 0 Å². The average Bonchev–Trinajstić information content (AvgIpc) is 3.03. The van der Waals surface area contributed by atoms with E-state index < -0.39 is 0 Å². The molecule has 0 radical (unpaired) electrons. The van der Waals surface area contributed by atoms with Gasteiger partial charge in [-0.3, -0.25) is 9.59 Å². The molecule has 5 nitrogen and oxygen atoms in total. The number of hydrogen-bond acceptors (Lipinski definition) is 3. The van der Waals surface area contributed by atoms with E-state index >= 15 is 0 Å². The lowest BCUT2D eigenvalue weighted by molar-refractivity contribution is -0.115. The number of fused-ring (bicyclic) bond motifs is 2. The van der Waals surface area contributed by atoms with Gasteiger partial charge in [-0.15, -0.1) is 11.8 Å². The van der Waals surface area contributed by atoms with E-state index in [9.17, 15) is 9.59 Å². The SMILES string of the molecule is CC(C)Cn1ccc2cc(NC(=O)c3ccc4c(c3)NC(=O)[C@H](C)S4)ccc21. The molecule has 0 spiro atoms.